The molecule has 0 aliphatic rings. The first-order valence-electron chi connectivity index (χ1n) is 17.6. The standard InChI is InChI=1S/C42H36BrClN8O/c1-2-3-23-36-46-40(44)35(28-53)51(36)27-29-24-25-50-37(26-29)45-38(39(50)43)33-21-13-14-22-34(33)41-47-48-49-52(41)42(30-15-7-4-8-16-30,31-17-9-5-10-18-31)32-19-11-6-12-20-32/h4-22,24-26,53H,2-3,23,27-28H2,1H3. The summed E-state index contributed by atoms with van der Waals surface area (Å²) in [5.74, 6) is 1.46. The Morgan fingerprint density at radius 2 is 1.38 bits per heavy atom. The number of hydrogen-bond donors (Lipinski definition) is 1. The molecule has 4 heterocycles. The molecule has 8 aromatic rings. The van der Waals surface area contributed by atoms with Gasteiger partial charge in [-0.15, -0.1) is 5.10 Å². The van der Waals surface area contributed by atoms with Crippen molar-refractivity contribution in [3.63, 3.8) is 0 Å². The second-order valence-corrected chi connectivity index (χ2v) is 14.0. The highest BCUT2D eigenvalue weighted by Crippen LogP contribution is 2.44. The summed E-state index contributed by atoms with van der Waals surface area (Å²) in [6.45, 7) is 2.47. The van der Waals surface area contributed by atoms with E-state index < -0.39 is 5.54 Å². The quantitative estimate of drug-likeness (QED) is 0.124. The second-order valence-electron chi connectivity index (χ2n) is 12.9. The summed E-state index contributed by atoms with van der Waals surface area (Å²) >= 11 is 10.3. The Hall–Kier alpha value is -5.42. The van der Waals surface area contributed by atoms with E-state index in [1.165, 1.54) is 0 Å². The maximum Gasteiger partial charge on any atom is 0.184 e. The number of tetrazole rings is 1. The van der Waals surface area contributed by atoms with Crippen LogP contribution in [0.2, 0.25) is 5.15 Å². The zero-order chi connectivity index (χ0) is 36.4. The van der Waals surface area contributed by atoms with Crippen LogP contribution in [0.3, 0.4) is 0 Å². The second kappa shape index (κ2) is 14.9. The maximum atomic E-state index is 10.1. The minimum atomic E-state index is -0.902. The molecule has 9 nitrogen and oxygen atoms in total. The van der Waals surface area contributed by atoms with Crippen LogP contribution in [0.4, 0.5) is 0 Å². The van der Waals surface area contributed by atoms with Gasteiger partial charge in [0.15, 0.2) is 11.0 Å². The molecule has 8 rings (SSSR count). The van der Waals surface area contributed by atoms with E-state index >= 15 is 0 Å². The van der Waals surface area contributed by atoms with Gasteiger partial charge in [0.1, 0.15) is 27.3 Å². The Morgan fingerprint density at radius 3 is 1.98 bits per heavy atom. The van der Waals surface area contributed by atoms with E-state index in [9.17, 15) is 5.11 Å². The summed E-state index contributed by atoms with van der Waals surface area (Å²) in [5, 5.41) is 24.3. The number of unbranched alkanes of at least 4 members (excludes halogenated alkanes) is 1. The largest absolute Gasteiger partial charge is 0.390 e. The monoisotopic (exact) mass is 782 g/mol. The molecule has 0 saturated heterocycles. The van der Waals surface area contributed by atoms with Crippen LogP contribution in [0, 0.1) is 0 Å². The molecule has 4 aromatic heterocycles. The highest BCUT2D eigenvalue weighted by molar-refractivity contribution is 9.10. The van der Waals surface area contributed by atoms with Crippen molar-refractivity contribution in [3.8, 4) is 22.6 Å². The normalized spacial score (nSPS) is 11.8. The van der Waals surface area contributed by atoms with Crippen LogP contribution in [0.1, 0.15) is 53.5 Å². The zero-order valence-electron chi connectivity index (χ0n) is 29.0. The van der Waals surface area contributed by atoms with Crippen molar-refractivity contribution >= 4 is 33.2 Å². The molecule has 0 atom stereocenters. The third kappa shape index (κ3) is 6.16. The first-order chi connectivity index (χ1) is 26.0. The molecule has 0 saturated carbocycles. The third-order valence-corrected chi connectivity index (χ3v) is 10.8. The number of aliphatic hydroxyl groups excluding tert-OH is 1. The van der Waals surface area contributed by atoms with Crippen LogP contribution in [0.5, 0.6) is 0 Å². The predicted molar refractivity (Wildman–Crippen MR) is 211 cm³/mol. The Labute approximate surface area is 320 Å². The number of pyridine rings is 1. The van der Waals surface area contributed by atoms with Crippen molar-refractivity contribution in [2.75, 3.05) is 0 Å². The number of rotatable bonds is 12. The summed E-state index contributed by atoms with van der Waals surface area (Å²) in [5.41, 5.74) is 7.00. The fourth-order valence-corrected chi connectivity index (χ4v) is 8.11. The lowest BCUT2D eigenvalue weighted by atomic mass is 9.77. The first-order valence-corrected chi connectivity index (χ1v) is 18.8. The van der Waals surface area contributed by atoms with Crippen LogP contribution in [-0.4, -0.2) is 44.2 Å². The van der Waals surface area contributed by atoms with Gasteiger partial charge >= 0.3 is 0 Å². The number of aliphatic hydroxyl groups is 1. The van der Waals surface area contributed by atoms with Crippen molar-refractivity contribution < 1.29 is 5.11 Å². The SMILES string of the molecule is CCCCc1nc(Cl)c(CO)n1Cc1ccn2c(Br)c(-c3ccccc3-c3nnnn3C(c3ccccc3)(c3ccccc3)c3ccccc3)nc2c1. The predicted octanol–water partition coefficient (Wildman–Crippen LogP) is 8.99. The number of aromatic nitrogens is 8. The fraction of sp³-hybridized carbons (Fsp3) is 0.167. The fourth-order valence-electron chi connectivity index (χ4n) is 7.25. The summed E-state index contributed by atoms with van der Waals surface area (Å²) in [6, 6.07) is 43.3. The van der Waals surface area contributed by atoms with E-state index in [0.717, 1.165) is 74.4 Å². The van der Waals surface area contributed by atoms with Gasteiger partial charge in [0.05, 0.1) is 12.3 Å². The average Bonchev–Trinajstić information content (AvgIpc) is 3.90. The maximum absolute atomic E-state index is 10.1. The van der Waals surface area contributed by atoms with E-state index in [1.54, 1.807) is 0 Å². The number of halogens is 2. The van der Waals surface area contributed by atoms with Crippen molar-refractivity contribution in [3.05, 3.63) is 177 Å². The molecule has 0 spiro atoms. The lowest BCUT2D eigenvalue weighted by Gasteiger charge is -2.36. The van der Waals surface area contributed by atoms with Crippen LogP contribution in [-0.2, 0) is 25.1 Å². The zero-order valence-corrected chi connectivity index (χ0v) is 31.4. The summed E-state index contributed by atoms with van der Waals surface area (Å²) in [7, 11) is 0. The summed E-state index contributed by atoms with van der Waals surface area (Å²) in [4.78, 5) is 9.75. The van der Waals surface area contributed by atoms with Gasteiger partial charge in [0.25, 0.3) is 0 Å². The number of nitrogens with zero attached hydrogens (tertiary/aromatic N) is 8. The number of aryl methyl sites for hydroxylation is 1. The number of fused-ring (bicyclic) bond motifs is 1. The Kier molecular flexibility index (Phi) is 9.74. The molecule has 11 heteroatoms. The first kappa shape index (κ1) is 34.7. The molecular formula is C42H36BrClN8O. The molecule has 0 unspecified atom stereocenters. The molecule has 0 amide bonds. The highest BCUT2D eigenvalue weighted by atomic mass is 79.9. The third-order valence-electron chi connectivity index (χ3n) is 9.76. The number of hydrogen-bond acceptors (Lipinski definition) is 6. The molecule has 0 aliphatic heterocycles. The highest BCUT2D eigenvalue weighted by Gasteiger charge is 2.42. The van der Waals surface area contributed by atoms with E-state index in [4.69, 9.17) is 26.9 Å². The van der Waals surface area contributed by atoms with Crippen molar-refractivity contribution in [2.45, 2.75) is 44.9 Å². The summed E-state index contributed by atoms with van der Waals surface area (Å²) < 4.78 is 6.79. The molecule has 264 valence electrons. The molecule has 0 radical (unpaired) electrons. The van der Waals surface area contributed by atoms with Gasteiger partial charge in [-0.25, -0.2) is 14.6 Å². The van der Waals surface area contributed by atoms with Crippen LogP contribution < -0.4 is 0 Å². The van der Waals surface area contributed by atoms with Crippen LogP contribution >= 0.6 is 27.5 Å². The van der Waals surface area contributed by atoms with Gasteiger partial charge in [0.2, 0.25) is 0 Å². The molecule has 4 aromatic carbocycles. The van der Waals surface area contributed by atoms with Gasteiger partial charge in [-0.05, 0) is 67.2 Å². The summed E-state index contributed by atoms with van der Waals surface area (Å²) in [6.07, 6.45) is 4.81. The van der Waals surface area contributed by atoms with Crippen molar-refractivity contribution in [1.29, 1.82) is 0 Å². The lowest BCUT2D eigenvalue weighted by molar-refractivity contribution is 0.271. The molecule has 0 fully saturated rings. The molecular weight excluding hydrogens is 748 g/mol. The Balaban J connectivity index is 1.27. The van der Waals surface area contributed by atoms with Gasteiger partial charge in [-0.3, -0.25) is 4.40 Å². The minimum Gasteiger partial charge on any atom is -0.390 e. The Bertz CT molecular complexity index is 2400. The van der Waals surface area contributed by atoms with Gasteiger partial charge in [-0.2, -0.15) is 0 Å². The van der Waals surface area contributed by atoms with Crippen LogP contribution in [0.15, 0.2) is 138 Å². The van der Waals surface area contributed by atoms with E-state index in [1.807, 2.05) is 92.6 Å². The molecule has 1 N–H and O–H groups in total. The van der Waals surface area contributed by atoms with E-state index in [-0.39, 0.29) is 6.61 Å². The van der Waals surface area contributed by atoms with Gasteiger partial charge in [0, 0.05) is 30.3 Å². The van der Waals surface area contributed by atoms with Gasteiger partial charge in [-0.1, -0.05) is 140 Å². The van der Waals surface area contributed by atoms with Gasteiger partial charge < -0.3 is 9.67 Å². The van der Waals surface area contributed by atoms with Crippen LogP contribution in [0.25, 0.3) is 28.3 Å². The van der Waals surface area contributed by atoms with Crippen molar-refractivity contribution in [1.82, 2.24) is 39.1 Å². The van der Waals surface area contributed by atoms with E-state index in [0.29, 0.717) is 23.2 Å². The van der Waals surface area contributed by atoms with Crippen molar-refractivity contribution in [2.24, 2.45) is 0 Å². The molecule has 0 bridgehead atoms. The van der Waals surface area contributed by atoms with E-state index in [2.05, 4.69) is 87.6 Å². The number of imidazole rings is 2. The molecule has 53 heavy (non-hydrogen) atoms. The number of benzene rings is 4. The minimum absolute atomic E-state index is 0.185. The average molecular weight is 784 g/mol. The topological polar surface area (TPSA) is 99.0 Å². The molecule has 0 aliphatic carbocycles. The smallest absolute Gasteiger partial charge is 0.184 e. The Morgan fingerprint density at radius 1 is 0.774 bits per heavy atom. The lowest BCUT2D eigenvalue weighted by Crippen LogP contribution is -2.39.